The maximum atomic E-state index is 12.4. The van der Waals surface area contributed by atoms with Crippen LogP contribution in [0.4, 0.5) is 0 Å². The van der Waals surface area contributed by atoms with Crippen LogP contribution >= 0.6 is 12.6 Å². The largest absolute Gasteiger partial charge is 0.458 e. The minimum absolute atomic E-state index is 0.109. The highest BCUT2D eigenvalue weighted by Crippen LogP contribution is 2.38. The first kappa shape index (κ1) is 15.9. The number of esters is 1. The third-order valence-corrected chi connectivity index (χ3v) is 3.61. The highest BCUT2D eigenvalue weighted by Gasteiger charge is 2.34. The van der Waals surface area contributed by atoms with Gasteiger partial charge in [0.25, 0.3) is 0 Å². The Morgan fingerprint density at radius 3 is 2.86 bits per heavy atom. The van der Waals surface area contributed by atoms with Gasteiger partial charge in [-0.2, -0.15) is 5.26 Å². The van der Waals surface area contributed by atoms with Crippen molar-refractivity contribution in [2.75, 3.05) is 6.61 Å². The predicted molar refractivity (Wildman–Crippen MR) is 85.6 cm³/mol. The highest BCUT2D eigenvalue weighted by atomic mass is 32.1. The number of hydrogen-bond acceptors (Lipinski definition) is 6. The average molecular weight is 313 g/mol. The first-order valence-corrected chi connectivity index (χ1v) is 7.03. The molecule has 1 aliphatic rings. The second kappa shape index (κ2) is 6.96. The number of carbonyl (C=O) groups excluding carboxylic acids is 1. The maximum Gasteiger partial charge on any atom is 0.337 e. The molecule has 0 bridgehead atoms. The van der Waals surface area contributed by atoms with Crippen molar-refractivity contribution in [3.8, 4) is 6.07 Å². The quantitative estimate of drug-likeness (QED) is 0.507. The number of dihydropyridines is 1. The van der Waals surface area contributed by atoms with Gasteiger partial charge < -0.3 is 10.1 Å². The predicted octanol–water partition coefficient (Wildman–Crippen LogP) is 2.44. The van der Waals surface area contributed by atoms with Crippen LogP contribution in [0.25, 0.3) is 0 Å². The molecule has 2 rings (SSSR count). The van der Waals surface area contributed by atoms with Crippen LogP contribution in [0.2, 0.25) is 0 Å². The van der Waals surface area contributed by atoms with E-state index in [2.05, 4.69) is 35.6 Å². The van der Waals surface area contributed by atoms with Crippen molar-refractivity contribution < 1.29 is 9.53 Å². The molecule has 2 heterocycles. The number of hydrogen-bond donors (Lipinski definition) is 2. The lowest BCUT2D eigenvalue weighted by molar-refractivity contribution is -0.138. The van der Waals surface area contributed by atoms with Gasteiger partial charge in [0.05, 0.1) is 28.2 Å². The van der Waals surface area contributed by atoms with Crippen LogP contribution < -0.4 is 5.32 Å². The first-order valence-electron chi connectivity index (χ1n) is 6.59. The Kier molecular flexibility index (Phi) is 5.02. The summed E-state index contributed by atoms with van der Waals surface area (Å²) in [4.78, 5) is 16.3. The van der Waals surface area contributed by atoms with Crippen molar-refractivity contribution in [2.45, 2.75) is 12.8 Å². The van der Waals surface area contributed by atoms with E-state index in [1.54, 1.807) is 31.5 Å². The minimum Gasteiger partial charge on any atom is -0.458 e. The SMILES string of the molecule is C=CCOC(=O)C1=C(C)NC(S)=C(C#N)[C@@H]1c1ccncc1. The smallest absolute Gasteiger partial charge is 0.337 e. The van der Waals surface area contributed by atoms with Gasteiger partial charge in [-0.3, -0.25) is 4.98 Å². The monoisotopic (exact) mass is 313 g/mol. The second-order valence-corrected chi connectivity index (χ2v) is 5.09. The fourth-order valence-corrected chi connectivity index (χ4v) is 2.65. The average Bonchev–Trinajstić information content (AvgIpc) is 2.52. The number of allylic oxidation sites excluding steroid dienone is 2. The zero-order chi connectivity index (χ0) is 16.1. The summed E-state index contributed by atoms with van der Waals surface area (Å²) in [7, 11) is 0. The highest BCUT2D eigenvalue weighted by molar-refractivity contribution is 7.84. The molecule has 1 N–H and O–H groups in total. The molecule has 0 aliphatic carbocycles. The normalized spacial score (nSPS) is 17.6. The number of thiol groups is 1. The van der Waals surface area contributed by atoms with E-state index in [1.165, 1.54) is 6.08 Å². The summed E-state index contributed by atoms with van der Waals surface area (Å²) in [5.74, 6) is -1.01. The summed E-state index contributed by atoms with van der Waals surface area (Å²) in [6.07, 6.45) is 4.73. The summed E-state index contributed by atoms with van der Waals surface area (Å²) in [6, 6.07) is 5.65. The maximum absolute atomic E-state index is 12.4. The molecule has 0 saturated heterocycles. The number of pyridine rings is 1. The Morgan fingerprint density at radius 1 is 1.59 bits per heavy atom. The van der Waals surface area contributed by atoms with Crippen molar-refractivity contribution in [1.29, 1.82) is 5.26 Å². The molecule has 1 aromatic heterocycles. The molecule has 6 heteroatoms. The van der Waals surface area contributed by atoms with Gasteiger partial charge in [0, 0.05) is 18.1 Å². The van der Waals surface area contributed by atoms with Crippen molar-refractivity contribution in [2.24, 2.45) is 0 Å². The number of aromatic nitrogens is 1. The summed E-state index contributed by atoms with van der Waals surface area (Å²) in [5.41, 5.74) is 2.15. The van der Waals surface area contributed by atoms with Crippen LogP contribution in [0.5, 0.6) is 0 Å². The number of nitrogens with one attached hydrogen (secondary N) is 1. The summed E-state index contributed by atoms with van der Waals surface area (Å²) < 4.78 is 5.15. The van der Waals surface area contributed by atoms with Crippen molar-refractivity contribution >= 4 is 18.6 Å². The number of rotatable bonds is 4. The van der Waals surface area contributed by atoms with Gasteiger partial charge in [0.1, 0.15) is 6.61 Å². The molecule has 112 valence electrons. The standard InChI is InChI=1S/C16H15N3O2S/c1-3-8-21-16(20)13-10(2)19-15(22)12(9-17)14(13)11-4-6-18-7-5-11/h3-7,14,19,22H,1,8H2,2H3/t14-/m0/s1. The molecule has 0 aromatic carbocycles. The fraction of sp³-hybridized carbons (Fsp3) is 0.188. The molecule has 1 atom stereocenters. The van der Waals surface area contributed by atoms with Crippen molar-refractivity contribution in [3.63, 3.8) is 0 Å². The topological polar surface area (TPSA) is 75.0 Å². The lowest BCUT2D eigenvalue weighted by atomic mass is 9.83. The second-order valence-electron chi connectivity index (χ2n) is 4.64. The lowest BCUT2D eigenvalue weighted by Crippen LogP contribution is -2.28. The Morgan fingerprint density at radius 2 is 2.27 bits per heavy atom. The van der Waals surface area contributed by atoms with E-state index in [0.717, 1.165) is 5.56 Å². The van der Waals surface area contributed by atoms with E-state index in [9.17, 15) is 10.1 Å². The fourth-order valence-electron chi connectivity index (χ4n) is 2.30. The van der Waals surface area contributed by atoms with Crippen molar-refractivity contribution in [1.82, 2.24) is 10.3 Å². The molecule has 0 unspecified atom stereocenters. The van der Waals surface area contributed by atoms with Crippen molar-refractivity contribution in [3.05, 3.63) is 64.6 Å². The van der Waals surface area contributed by atoms with Gasteiger partial charge in [0.15, 0.2) is 0 Å². The van der Waals surface area contributed by atoms with Crippen LogP contribution in [-0.4, -0.2) is 17.6 Å². The van der Waals surface area contributed by atoms with Crippen LogP contribution in [0, 0.1) is 11.3 Å². The molecule has 1 aliphatic heterocycles. The molecular formula is C16H15N3O2S. The van der Waals surface area contributed by atoms with Crippen LogP contribution in [0.3, 0.4) is 0 Å². The first-order chi connectivity index (χ1) is 10.6. The van der Waals surface area contributed by atoms with E-state index in [0.29, 0.717) is 21.9 Å². The van der Waals surface area contributed by atoms with Crippen LogP contribution in [0.15, 0.2) is 59.1 Å². The van der Waals surface area contributed by atoms with Crippen LogP contribution in [-0.2, 0) is 9.53 Å². The molecule has 0 spiro atoms. The van der Waals surface area contributed by atoms with E-state index in [-0.39, 0.29) is 6.61 Å². The Labute approximate surface area is 134 Å². The number of carbonyl (C=O) groups is 1. The van der Waals surface area contributed by atoms with Crippen LogP contribution in [0.1, 0.15) is 18.4 Å². The van der Waals surface area contributed by atoms with Gasteiger partial charge in [-0.15, -0.1) is 12.6 Å². The third-order valence-electron chi connectivity index (χ3n) is 3.25. The molecule has 0 fully saturated rings. The molecule has 0 radical (unpaired) electrons. The van der Waals surface area contributed by atoms with Gasteiger partial charge in [-0.25, -0.2) is 4.79 Å². The lowest BCUT2D eigenvalue weighted by Gasteiger charge is -2.27. The van der Waals surface area contributed by atoms with Gasteiger partial charge in [-0.05, 0) is 24.6 Å². The number of ether oxygens (including phenoxy) is 1. The van der Waals surface area contributed by atoms with Gasteiger partial charge in [0.2, 0.25) is 0 Å². The Balaban J connectivity index is 2.53. The van der Waals surface area contributed by atoms with E-state index in [4.69, 9.17) is 4.74 Å². The number of nitriles is 1. The molecule has 22 heavy (non-hydrogen) atoms. The Hall–Kier alpha value is -2.52. The molecule has 5 nitrogen and oxygen atoms in total. The molecule has 0 saturated carbocycles. The summed E-state index contributed by atoms with van der Waals surface area (Å²) in [5, 5.41) is 12.8. The minimum atomic E-state index is -0.529. The summed E-state index contributed by atoms with van der Waals surface area (Å²) >= 11 is 4.31. The molecule has 0 amide bonds. The van der Waals surface area contributed by atoms with E-state index < -0.39 is 11.9 Å². The van der Waals surface area contributed by atoms with E-state index in [1.807, 2.05) is 0 Å². The zero-order valence-electron chi connectivity index (χ0n) is 12.0. The van der Waals surface area contributed by atoms with Gasteiger partial charge in [-0.1, -0.05) is 12.7 Å². The summed E-state index contributed by atoms with van der Waals surface area (Å²) in [6.45, 7) is 5.39. The zero-order valence-corrected chi connectivity index (χ0v) is 12.9. The van der Waals surface area contributed by atoms with E-state index >= 15 is 0 Å². The molecular weight excluding hydrogens is 298 g/mol. The third kappa shape index (κ3) is 3.05. The Bertz CT molecular complexity index is 702. The molecule has 1 aromatic rings. The van der Waals surface area contributed by atoms with Gasteiger partial charge >= 0.3 is 5.97 Å². The number of nitrogens with zero attached hydrogens (tertiary/aromatic N) is 2.